The predicted octanol–water partition coefficient (Wildman–Crippen LogP) is 3.80. The van der Waals surface area contributed by atoms with Crippen LogP contribution in [0, 0.1) is 0 Å². The molecule has 4 rings (SSSR count). The molecular formula is C21H27ClN2O. The lowest BCUT2D eigenvalue weighted by Gasteiger charge is -2.36. The quantitative estimate of drug-likeness (QED) is 0.808. The second kappa shape index (κ2) is 8.59. The Bertz CT molecular complexity index is 669. The Kier molecular flexibility index (Phi) is 6.22. The molecule has 1 fully saturated rings. The fraction of sp³-hybridized carbons (Fsp3) is 0.429. The summed E-state index contributed by atoms with van der Waals surface area (Å²) in [6, 6.07) is 17.3. The highest BCUT2D eigenvalue weighted by Gasteiger charge is 2.17. The van der Waals surface area contributed by atoms with E-state index in [1.807, 2.05) is 0 Å². The molecule has 0 radical (unpaired) electrons. The van der Waals surface area contributed by atoms with Crippen LogP contribution in [0.3, 0.4) is 0 Å². The maximum atomic E-state index is 5.99. The number of piperazine rings is 1. The van der Waals surface area contributed by atoms with E-state index in [0.29, 0.717) is 0 Å². The van der Waals surface area contributed by atoms with E-state index in [1.54, 1.807) is 0 Å². The number of aryl methyl sites for hydroxylation is 2. The minimum absolute atomic E-state index is 0. The van der Waals surface area contributed by atoms with Crippen molar-refractivity contribution in [1.82, 2.24) is 4.90 Å². The summed E-state index contributed by atoms with van der Waals surface area (Å²) in [5.74, 6) is 1.04. The molecule has 134 valence electrons. The Balaban J connectivity index is 0.00000182. The molecule has 0 bridgehead atoms. The molecule has 1 saturated heterocycles. The van der Waals surface area contributed by atoms with E-state index >= 15 is 0 Å². The van der Waals surface area contributed by atoms with Gasteiger partial charge in [-0.3, -0.25) is 4.90 Å². The first-order chi connectivity index (χ1) is 11.9. The summed E-state index contributed by atoms with van der Waals surface area (Å²) < 4.78 is 5.99. The molecule has 1 aliphatic carbocycles. The molecule has 2 aliphatic rings. The van der Waals surface area contributed by atoms with E-state index < -0.39 is 0 Å². The van der Waals surface area contributed by atoms with Gasteiger partial charge in [-0.05, 0) is 54.7 Å². The first-order valence-electron chi connectivity index (χ1n) is 9.15. The van der Waals surface area contributed by atoms with Gasteiger partial charge in [0.25, 0.3) is 0 Å². The second-order valence-corrected chi connectivity index (χ2v) is 6.80. The average Bonchev–Trinajstić information content (AvgIpc) is 3.11. The van der Waals surface area contributed by atoms with E-state index in [0.717, 1.165) is 45.1 Å². The first kappa shape index (κ1) is 18.1. The SMILES string of the molecule is Cl.c1ccc(N2CCN(CCOc3ccc4c(c3)CCC4)CC2)cc1. The number of para-hydroxylation sites is 1. The Morgan fingerprint density at radius 2 is 1.60 bits per heavy atom. The van der Waals surface area contributed by atoms with Gasteiger partial charge in [0.2, 0.25) is 0 Å². The Morgan fingerprint density at radius 3 is 2.40 bits per heavy atom. The third-order valence-corrected chi connectivity index (χ3v) is 5.24. The lowest BCUT2D eigenvalue weighted by molar-refractivity contribution is 0.200. The first-order valence-corrected chi connectivity index (χ1v) is 9.15. The fourth-order valence-corrected chi connectivity index (χ4v) is 3.80. The molecule has 0 aromatic heterocycles. The molecule has 2 aromatic carbocycles. The number of hydrogen-bond acceptors (Lipinski definition) is 3. The highest BCUT2D eigenvalue weighted by atomic mass is 35.5. The van der Waals surface area contributed by atoms with Gasteiger partial charge in [0.05, 0.1) is 0 Å². The molecule has 1 aliphatic heterocycles. The van der Waals surface area contributed by atoms with Crippen LogP contribution in [0.1, 0.15) is 17.5 Å². The lowest BCUT2D eigenvalue weighted by atomic mass is 10.1. The standard InChI is InChI=1S/C21H26N2O.ClH/c1-2-7-20(8-3-1)23-13-11-22(12-14-23)15-16-24-21-10-9-18-5-4-6-19(18)17-21;/h1-3,7-10,17H,4-6,11-16H2;1H. The normalized spacial score (nSPS) is 17.0. The van der Waals surface area contributed by atoms with Gasteiger partial charge in [-0.1, -0.05) is 24.3 Å². The summed E-state index contributed by atoms with van der Waals surface area (Å²) in [7, 11) is 0. The zero-order valence-corrected chi connectivity index (χ0v) is 15.5. The lowest BCUT2D eigenvalue weighted by Crippen LogP contribution is -2.47. The van der Waals surface area contributed by atoms with Crippen molar-refractivity contribution in [3.63, 3.8) is 0 Å². The number of halogens is 1. The summed E-state index contributed by atoms with van der Waals surface area (Å²) in [6.07, 6.45) is 3.75. The average molecular weight is 359 g/mol. The van der Waals surface area contributed by atoms with E-state index in [1.165, 1.54) is 36.1 Å². The van der Waals surface area contributed by atoms with Crippen molar-refractivity contribution in [3.8, 4) is 5.75 Å². The Morgan fingerprint density at radius 1 is 0.840 bits per heavy atom. The highest BCUT2D eigenvalue weighted by Crippen LogP contribution is 2.26. The Labute approximate surface area is 157 Å². The van der Waals surface area contributed by atoms with Crippen LogP contribution in [0.2, 0.25) is 0 Å². The van der Waals surface area contributed by atoms with Crippen LogP contribution < -0.4 is 9.64 Å². The fourth-order valence-electron chi connectivity index (χ4n) is 3.80. The number of rotatable bonds is 5. The van der Waals surface area contributed by atoms with Crippen molar-refractivity contribution in [1.29, 1.82) is 0 Å². The van der Waals surface area contributed by atoms with Crippen molar-refractivity contribution in [2.75, 3.05) is 44.2 Å². The number of hydrogen-bond donors (Lipinski definition) is 0. The number of nitrogens with zero attached hydrogens (tertiary/aromatic N) is 2. The topological polar surface area (TPSA) is 15.7 Å². The van der Waals surface area contributed by atoms with E-state index in [4.69, 9.17) is 4.74 Å². The van der Waals surface area contributed by atoms with Gasteiger partial charge in [0.1, 0.15) is 12.4 Å². The summed E-state index contributed by atoms with van der Waals surface area (Å²) in [6.45, 7) is 6.22. The molecule has 3 nitrogen and oxygen atoms in total. The molecule has 2 aromatic rings. The van der Waals surface area contributed by atoms with Crippen LogP contribution in [0.15, 0.2) is 48.5 Å². The molecule has 4 heteroatoms. The Hall–Kier alpha value is -1.71. The maximum Gasteiger partial charge on any atom is 0.119 e. The molecule has 0 saturated carbocycles. The van der Waals surface area contributed by atoms with Gasteiger partial charge in [0, 0.05) is 38.4 Å². The minimum Gasteiger partial charge on any atom is -0.492 e. The number of anilines is 1. The molecule has 0 atom stereocenters. The van der Waals surface area contributed by atoms with Crippen molar-refractivity contribution in [3.05, 3.63) is 59.7 Å². The monoisotopic (exact) mass is 358 g/mol. The van der Waals surface area contributed by atoms with Crippen LogP contribution in [0.4, 0.5) is 5.69 Å². The second-order valence-electron chi connectivity index (χ2n) is 6.80. The zero-order valence-electron chi connectivity index (χ0n) is 14.7. The largest absolute Gasteiger partial charge is 0.492 e. The molecular weight excluding hydrogens is 332 g/mol. The van der Waals surface area contributed by atoms with Crippen molar-refractivity contribution in [2.24, 2.45) is 0 Å². The summed E-state index contributed by atoms with van der Waals surface area (Å²) >= 11 is 0. The molecule has 0 amide bonds. The zero-order chi connectivity index (χ0) is 16.2. The molecule has 0 spiro atoms. The number of ether oxygens (including phenoxy) is 1. The van der Waals surface area contributed by atoms with Gasteiger partial charge < -0.3 is 9.64 Å². The van der Waals surface area contributed by atoms with Crippen LogP contribution in [-0.2, 0) is 12.8 Å². The number of benzene rings is 2. The van der Waals surface area contributed by atoms with Gasteiger partial charge in [-0.25, -0.2) is 0 Å². The third kappa shape index (κ3) is 4.47. The van der Waals surface area contributed by atoms with E-state index in [-0.39, 0.29) is 12.4 Å². The number of fused-ring (bicyclic) bond motifs is 1. The summed E-state index contributed by atoms with van der Waals surface area (Å²) in [4.78, 5) is 4.98. The van der Waals surface area contributed by atoms with E-state index in [2.05, 4.69) is 58.3 Å². The third-order valence-electron chi connectivity index (χ3n) is 5.24. The molecule has 1 heterocycles. The van der Waals surface area contributed by atoms with Crippen LogP contribution in [-0.4, -0.2) is 44.2 Å². The van der Waals surface area contributed by atoms with Crippen LogP contribution in [0.5, 0.6) is 5.75 Å². The summed E-state index contributed by atoms with van der Waals surface area (Å²) in [5.41, 5.74) is 4.34. The van der Waals surface area contributed by atoms with Gasteiger partial charge in [-0.15, -0.1) is 12.4 Å². The smallest absolute Gasteiger partial charge is 0.119 e. The van der Waals surface area contributed by atoms with Gasteiger partial charge in [0.15, 0.2) is 0 Å². The highest BCUT2D eigenvalue weighted by molar-refractivity contribution is 5.85. The van der Waals surface area contributed by atoms with Crippen LogP contribution >= 0.6 is 12.4 Å². The van der Waals surface area contributed by atoms with Gasteiger partial charge in [-0.2, -0.15) is 0 Å². The molecule has 25 heavy (non-hydrogen) atoms. The summed E-state index contributed by atoms with van der Waals surface area (Å²) in [5, 5.41) is 0. The van der Waals surface area contributed by atoms with E-state index in [9.17, 15) is 0 Å². The molecule has 0 unspecified atom stereocenters. The van der Waals surface area contributed by atoms with Crippen LogP contribution in [0.25, 0.3) is 0 Å². The predicted molar refractivity (Wildman–Crippen MR) is 106 cm³/mol. The van der Waals surface area contributed by atoms with Gasteiger partial charge >= 0.3 is 0 Å². The minimum atomic E-state index is 0. The van der Waals surface area contributed by atoms with Crippen molar-refractivity contribution >= 4 is 18.1 Å². The van der Waals surface area contributed by atoms with Crippen molar-refractivity contribution < 1.29 is 4.74 Å². The maximum absolute atomic E-state index is 5.99. The molecule has 0 N–H and O–H groups in total. The van der Waals surface area contributed by atoms with Crippen molar-refractivity contribution in [2.45, 2.75) is 19.3 Å².